The molecule has 0 unspecified atom stereocenters. The summed E-state index contributed by atoms with van der Waals surface area (Å²) in [4.78, 5) is 5.66. The van der Waals surface area contributed by atoms with Crippen molar-refractivity contribution in [1.29, 1.82) is 0 Å². The molecule has 0 atom stereocenters. The van der Waals surface area contributed by atoms with E-state index in [1.807, 2.05) is 59.7 Å². The van der Waals surface area contributed by atoms with Crippen LogP contribution in [0.2, 0.25) is 0 Å². The molecule has 114 valence electrons. The van der Waals surface area contributed by atoms with Crippen LogP contribution in [0.5, 0.6) is 0 Å². The highest BCUT2D eigenvalue weighted by atomic mass is 32.1. The van der Waals surface area contributed by atoms with Gasteiger partial charge in [-0.2, -0.15) is 5.10 Å². The fourth-order valence-corrected chi connectivity index (χ4v) is 3.11. The number of rotatable bonds is 4. The lowest BCUT2D eigenvalue weighted by molar-refractivity contribution is 0.537. The minimum absolute atomic E-state index is 0.605. The summed E-state index contributed by atoms with van der Waals surface area (Å²) in [6, 6.07) is 14.2. The molecule has 0 N–H and O–H groups in total. The van der Waals surface area contributed by atoms with Gasteiger partial charge in [0.25, 0.3) is 0 Å². The summed E-state index contributed by atoms with van der Waals surface area (Å²) in [7, 11) is 0. The van der Waals surface area contributed by atoms with E-state index in [0.29, 0.717) is 12.4 Å². The second kappa shape index (κ2) is 5.85. The molecule has 0 radical (unpaired) electrons. The van der Waals surface area contributed by atoms with Crippen molar-refractivity contribution in [3.63, 3.8) is 0 Å². The largest absolute Gasteiger partial charge is 0.440 e. The maximum atomic E-state index is 5.78. The SMILES string of the molecule is Cc1oc(-c2cccs2)nc1Cn1cc(-c2ccccc2)cn1. The first-order valence-electron chi connectivity index (χ1n) is 7.37. The third-order valence-corrected chi connectivity index (χ3v) is 4.53. The summed E-state index contributed by atoms with van der Waals surface area (Å²) >= 11 is 1.63. The summed E-state index contributed by atoms with van der Waals surface area (Å²) in [5, 5.41) is 6.46. The molecular weight excluding hydrogens is 306 g/mol. The Morgan fingerprint density at radius 2 is 1.96 bits per heavy atom. The van der Waals surface area contributed by atoms with Gasteiger partial charge in [-0.3, -0.25) is 4.68 Å². The number of hydrogen-bond acceptors (Lipinski definition) is 4. The standard InChI is InChI=1S/C18H15N3OS/c1-13-16(20-18(22-13)17-8-5-9-23-17)12-21-11-15(10-19-21)14-6-3-2-4-7-14/h2-11H,12H2,1H3. The third kappa shape index (κ3) is 2.83. The van der Waals surface area contributed by atoms with Crippen molar-refractivity contribution in [1.82, 2.24) is 14.8 Å². The Labute approximate surface area is 138 Å². The molecule has 0 spiro atoms. The first-order chi connectivity index (χ1) is 11.3. The third-order valence-electron chi connectivity index (χ3n) is 3.68. The van der Waals surface area contributed by atoms with Crippen molar-refractivity contribution < 1.29 is 4.42 Å². The average Bonchev–Trinajstić information content (AvgIpc) is 3.31. The van der Waals surface area contributed by atoms with Crippen LogP contribution in [-0.2, 0) is 6.54 Å². The molecular formula is C18H15N3OS. The van der Waals surface area contributed by atoms with E-state index in [9.17, 15) is 0 Å². The van der Waals surface area contributed by atoms with Crippen LogP contribution in [0.3, 0.4) is 0 Å². The van der Waals surface area contributed by atoms with Crippen LogP contribution < -0.4 is 0 Å². The van der Waals surface area contributed by atoms with Gasteiger partial charge >= 0.3 is 0 Å². The topological polar surface area (TPSA) is 43.9 Å². The van der Waals surface area contributed by atoms with Gasteiger partial charge in [0, 0.05) is 11.8 Å². The molecule has 0 bridgehead atoms. The first kappa shape index (κ1) is 14.0. The van der Waals surface area contributed by atoms with Gasteiger partial charge < -0.3 is 4.42 Å². The van der Waals surface area contributed by atoms with Gasteiger partial charge in [0.05, 0.1) is 17.6 Å². The highest BCUT2D eigenvalue weighted by Crippen LogP contribution is 2.26. The molecule has 0 saturated heterocycles. The molecule has 0 amide bonds. The lowest BCUT2D eigenvalue weighted by Gasteiger charge is -1.98. The van der Waals surface area contributed by atoms with Crippen LogP contribution in [0.1, 0.15) is 11.5 Å². The van der Waals surface area contributed by atoms with E-state index in [1.54, 1.807) is 11.3 Å². The lowest BCUT2D eigenvalue weighted by Crippen LogP contribution is -2.01. The van der Waals surface area contributed by atoms with Crippen molar-refractivity contribution in [3.8, 4) is 21.9 Å². The smallest absolute Gasteiger partial charge is 0.236 e. The van der Waals surface area contributed by atoms with Gasteiger partial charge in [-0.1, -0.05) is 36.4 Å². The number of benzene rings is 1. The minimum atomic E-state index is 0.605. The van der Waals surface area contributed by atoms with Crippen molar-refractivity contribution in [2.45, 2.75) is 13.5 Å². The number of aryl methyl sites for hydroxylation is 1. The molecule has 4 aromatic rings. The van der Waals surface area contributed by atoms with Crippen LogP contribution in [0.4, 0.5) is 0 Å². The van der Waals surface area contributed by atoms with Crippen LogP contribution in [-0.4, -0.2) is 14.8 Å². The Balaban J connectivity index is 1.58. The maximum Gasteiger partial charge on any atom is 0.236 e. The van der Waals surface area contributed by atoms with Gasteiger partial charge in [-0.05, 0) is 23.9 Å². The van der Waals surface area contributed by atoms with E-state index >= 15 is 0 Å². The average molecular weight is 321 g/mol. The van der Waals surface area contributed by atoms with Gasteiger partial charge in [-0.15, -0.1) is 11.3 Å². The lowest BCUT2D eigenvalue weighted by atomic mass is 10.1. The molecule has 1 aromatic carbocycles. The molecule has 0 fully saturated rings. The maximum absolute atomic E-state index is 5.78. The predicted octanol–water partition coefficient (Wildman–Crippen LogP) is 4.62. The number of hydrogen-bond donors (Lipinski definition) is 0. The second-order valence-corrected chi connectivity index (χ2v) is 6.24. The second-order valence-electron chi connectivity index (χ2n) is 5.29. The summed E-state index contributed by atoms with van der Waals surface area (Å²) in [6.45, 7) is 2.55. The molecule has 0 aliphatic carbocycles. The van der Waals surface area contributed by atoms with Crippen LogP contribution in [0.15, 0.2) is 64.7 Å². The summed E-state index contributed by atoms with van der Waals surface area (Å²) in [5.74, 6) is 1.52. The monoisotopic (exact) mass is 321 g/mol. The number of nitrogens with zero attached hydrogens (tertiary/aromatic N) is 3. The molecule has 3 heterocycles. The number of aromatic nitrogens is 3. The summed E-state index contributed by atoms with van der Waals surface area (Å²) in [6.07, 6.45) is 3.92. The number of thiophene rings is 1. The van der Waals surface area contributed by atoms with E-state index in [1.165, 1.54) is 0 Å². The molecule has 4 nitrogen and oxygen atoms in total. The molecule has 3 aromatic heterocycles. The predicted molar refractivity (Wildman–Crippen MR) is 91.3 cm³/mol. The van der Waals surface area contributed by atoms with Crippen LogP contribution in [0.25, 0.3) is 21.9 Å². The fourth-order valence-electron chi connectivity index (χ4n) is 2.46. The Hall–Kier alpha value is -2.66. The molecule has 0 aliphatic heterocycles. The molecule has 5 heteroatoms. The zero-order chi connectivity index (χ0) is 15.6. The van der Waals surface area contributed by atoms with E-state index < -0.39 is 0 Å². The summed E-state index contributed by atoms with van der Waals surface area (Å²) in [5.41, 5.74) is 3.18. The quantitative estimate of drug-likeness (QED) is 0.551. The Bertz CT molecular complexity index is 907. The highest BCUT2D eigenvalue weighted by Gasteiger charge is 2.13. The van der Waals surface area contributed by atoms with Gasteiger partial charge in [-0.25, -0.2) is 4.98 Å². The molecule has 4 rings (SSSR count). The van der Waals surface area contributed by atoms with E-state index in [0.717, 1.165) is 27.5 Å². The fraction of sp³-hybridized carbons (Fsp3) is 0.111. The zero-order valence-electron chi connectivity index (χ0n) is 12.6. The first-order valence-corrected chi connectivity index (χ1v) is 8.25. The Morgan fingerprint density at radius 1 is 1.09 bits per heavy atom. The van der Waals surface area contributed by atoms with Crippen LogP contribution in [0, 0.1) is 6.92 Å². The minimum Gasteiger partial charge on any atom is -0.440 e. The zero-order valence-corrected chi connectivity index (χ0v) is 13.5. The molecule has 23 heavy (non-hydrogen) atoms. The van der Waals surface area contributed by atoms with Crippen molar-refractivity contribution >= 4 is 11.3 Å². The van der Waals surface area contributed by atoms with Crippen molar-refractivity contribution in [2.24, 2.45) is 0 Å². The number of oxazole rings is 1. The highest BCUT2D eigenvalue weighted by molar-refractivity contribution is 7.13. The summed E-state index contributed by atoms with van der Waals surface area (Å²) < 4.78 is 7.68. The van der Waals surface area contributed by atoms with E-state index in [2.05, 4.69) is 22.2 Å². The molecule has 0 saturated carbocycles. The van der Waals surface area contributed by atoms with E-state index in [-0.39, 0.29) is 0 Å². The van der Waals surface area contributed by atoms with Crippen molar-refractivity contribution in [2.75, 3.05) is 0 Å². The van der Waals surface area contributed by atoms with Crippen molar-refractivity contribution in [3.05, 3.63) is 71.7 Å². The van der Waals surface area contributed by atoms with Gasteiger partial charge in [0.15, 0.2) is 0 Å². The normalized spacial score (nSPS) is 11.0. The Kier molecular flexibility index (Phi) is 3.55. The van der Waals surface area contributed by atoms with Gasteiger partial charge in [0.2, 0.25) is 5.89 Å². The Morgan fingerprint density at radius 3 is 2.74 bits per heavy atom. The molecule has 0 aliphatic rings. The van der Waals surface area contributed by atoms with E-state index in [4.69, 9.17) is 4.42 Å². The van der Waals surface area contributed by atoms with Gasteiger partial charge in [0.1, 0.15) is 11.5 Å². The van der Waals surface area contributed by atoms with Crippen LogP contribution >= 0.6 is 11.3 Å².